The van der Waals surface area contributed by atoms with Gasteiger partial charge in [0, 0.05) is 12.6 Å². The van der Waals surface area contributed by atoms with Crippen LogP contribution in [0.25, 0.3) is 5.69 Å². The van der Waals surface area contributed by atoms with Crippen molar-refractivity contribution in [2.75, 3.05) is 12.4 Å². The van der Waals surface area contributed by atoms with Gasteiger partial charge in [0.2, 0.25) is 3.79 Å². The number of nitrogens with zero attached hydrogens (tertiary/aromatic N) is 2. The lowest BCUT2D eigenvalue weighted by atomic mass is 10.2. The summed E-state index contributed by atoms with van der Waals surface area (Å²) < 4.78 is -0.433. The topological polar surface area (TPSA) is 46.9 Å². The number of benzene rings is 1. The molecule has 0 spiro atoms. The number of halogens is 4. The van der Waals surface area contributed by atoms with Crippen LogP contribution in [0.1, 0.15) is 5.56 Å². The lowest BCUT2D eigenvalue weighted by Gasteiger charge is -2.13. The molecule has 0 saturated heterocycles. The van der Waals surface area contributed by atoms with Crippen molar-refractivity contribution in [3.63, 3.8) is 0 Å². The Morgan fingerprint density at radius 3 is 2.60 bits per heavy atom. The van der Waals surface area contributed by atoms with Crippen LogP contribution in [0.15, 0.2) is 35.3 Å². The minimum atomic E-state index is -1.58. The third-order valence-electron chi connectivity index (χ3n) is 2.61. The zero-order chi connectivity index (χ0) is 14.9. The average molecular weight is 353 g/mol. The van der Waals surface area contributed by atoms with Gasteiger partial charge in [0.05, 0.1) is 17.6 Å². The van der Waals surface area contributed by atoms with E-state index in [1.165, 1.54) is 6.20 Å². The molecule has 1 aromatic heterocycles. The number of alkyl halides is 3. The first-order chi connectivity index (χ1) is 9.34. The molecule has 8 heteroatoms. The first-order valence-corrected chi connectivity index (χ1v) is 6.99. The van der Waals surface area contributed by atoms with Crippen LogP contribution >= 0.6 is 46.4 Å². The molecule has 0 aliphatic carbocycles. The van der Waals surface area contributed by atoms with Crippen LogP contribution in [0.3, 0.4) is 0 Å². The second-order valence-electron chi connectivity index (χ2n) is 3.89. The van der Waals surface area contributed by atoms with Gasteiger partial charge >= 0.3 is 0 Å². The highest BCUT2D eigenvalue weighted by atomic mass is 35.6. The Labute approximate surface area is 135 Å². The second-order valence-corrected chi connectivity index (χ2v) is 6.55. The van der Waals surface area contributed by atoms with Crippen molar-refractivity contribution in [2.24, 2.45) is 0 Å². The first-order valence-electron chi connectivity index (χ1n) is 5.48. The number of aromatic nitrogens is 2. The molecule has 2 aromatic rings. The maximum atomic E-state index is 12.1. The molecule has 0 atom stereocenters. The Bertz CT molecular complexity index is 694. The highest BCUT2D eigenvalue weighted by Crippen LogP contribution is 2.38. The summed E-state index contributed by atoms with van der Waals surface area (Å²) in [5.74, 6) is 0. The number of nitrogens with one attached hydrogen (secondary N) is 1. The van der Waals surface area contributed by atoms with Crippen LogP contribution in [0.2, 0.25) is 5.02 Å². The van der Waals surface area contributed by atoms with Crippen molar-refractivity contribution in [1.29, 1.82) is 0 Å². The first kappa shape index (κ1) is 15.4. The molecule has 4 nitrogen and oxygen atoms in total. The fourth-order valence-electron chi connectivity index (χ4n) is 1.60. The largest absolute Gasteiger partial charge is 0.385 e. The summed E-state index contributed by atoms with van der Waals surface area (Å²) in [6, 6.07) is 6.55. The fourth-order valence-corrected chi connectivity index (χ4v) is 2.18. The Kier molecular flexibility index (Phi) is 4.49. The predicted molar refractivity (Wildman–Crippen MR) is 83.6 cm³/mol. The van der Waals surface area contributed by atoms with Gasteiger partial charge in [-0.1, -0.05) is 58.5 Å². The molecule has 0 fully saturated rings. The summed E-state index contributed by atoms with van der Waals surface area (Å²) in [6.45, 7) is 0. The van der Waals surface area contributed by atoms with Crippen LogP contribution in [0.4, 0.5) is 5.69 Å². The van der Waals surface area contributed by atoms with E-state index in [-0.39, 0.29) is 5.02 Å². The molecule has 0 aliphatic heterocycles. The van der Waals surface area contributed by atoms with Gasteiger partial charge in [-0.2, -0.15) is 9.78 Å². The Hall–Kier alpha value is -0.940. The smallest absolute Gasteiger partial charge is 0.292 e. The maximum absolute atomic E-state index is 12.1. The molecule has 20 heavy (non-hydrogen) atoms. The summed E-state index contributed by atoms with van der Waals surface area (Å²) in [5, 5.41) is 6.85. The van der Waals surface area contributed by atoms with Crippen LogP contribution in [-0.4, -0.2) is 16.8 Å². The number of rotatable bonds is 2. The molecule has 0 unspecified atom stereocenters. The van der Waals surface area contributed by atoms with E-state index >= 15 is 0 Å². The van der Waals surface area contributed by atoms with Crippen LogP contribution in [0.5, 0.6) is 0 Å². The van der Waals surface area contributed by atoms with E-state index in [4.69, 9.17) is 46.4 Å². The van der Waals surface area contributed by atoms with Crippen LogP contribution in [-0.2, 0) is 3.79 Å². The van der Waals surface area contributed by atoms with Crippen molar-refractivity contribution >= 4 is 52.1 Å². The molecule has 1 N–H and O–H groups in total. The summed E-state index contributed by atoms with van der Waals surface area (Å²) >= 11 is 23.4. The third-order valence-corrected chi connectivity index (χ3v) is 3.63. The zero-order valence-corrected chi connectivity index (χ0v) is 13.2. The van der Waals surface area contributed by atoms with E-state index in [2.05, 4.69) is 10.4 Å². The van der Waals surface area contributed by atoms with Crippen molar-refractivity contribution in [3.05, 3.63) is 51.4 Å². The van der Waals surface area contributed by atoms with E-state index in [9.17, 15) is 4.79 Å². The molecule has 0 bridgehead atoms. The maximum Gasteiger partial charge on any atom is 0.292 e. The molecule has 1 heterocycles. The standard InChI is InChI=1S/C12H9Cl4N3O/c1-17-9-6-18-19(11(20)10(9)13)8-4-2-3-7(5-8)12(14,15)16/h2-6,17H,1H3. The Balaban J connectivity index is 2.58. The van der Waals surface area contributed by atoms with Gasteiger partial charge < -0.3 is 5.32 Å². The van der Waals surface area contributed by atoms with Crippen LogP contribution in [0, 0.1) is 0 Å². The predicted octanol–water partition coefficient (Wildman–Crippen LogP) is 3.75. The van der Waals surface area contributed by atoms with Gasteiger partial charge in [-0.25, -0.2) is 0 Å². The molecule has 0 aliphatic rings. The molecule has 0 saturated carbocycles. The SMILES string of the molecule is CNc1cnn(-c2cccc(C(Cl)(Cl)Cl)c2)c(=O)c1Cl. The van der Waals surface area contributed by atoms with Gasteiger partial charge in [-0.15, -0.1) is 0 Å². The normalized spacial score (nSPS) is 11.4. The second kappa shape index (κ2) is 5.82. The lowest BCUT2D eigenvalue weighted by Crippen LogP contribution is -2.22. The monoisotopic (exact) mass is 351 g/mol. The summed E-state index contributed by atoms with van der Waals surface area (Å²) in [4.78, 5) is 12.1. The number of hydrogen-bond acceptors (Lipinski definition) is 3. The summed E-state index contributed by atoms with van der Waals surface area (Å²) in [5.41, 5.74) is 0.885. The Morgan fingerprint density at radius 1 is 1.30 bits per heavy atom. The number of anilines is 1. The Morgan fingerprint density at radius 2 is 2.00 bits per heavy atom. The van der Waals surface area contributed by atoms with Gasteiger partial charge in [0.25, 0.3) is 5.56 Å². The van der Waals surface area contributed by atoms with E-state index < -0.39 is 9.35 Å². The van der Waals surface area contributed by atoms with Crippen molar-refractivity contribution < 1.29 is 0 Å². The lowest BCUT2D eigenvalue weighted by molar-refractivity contribution is 0.807. The molecule has 106 valence electrons. The van der Waals surface area contributed by atoms with E-state index in [1.54, 1.807) is 31.3 Å². The van der Waals surface area contributed by atoms with Gasteiger partial charge in [-0.3, -0.25) is 4.79 Å². The highest BCUT2D eigenvalue weighted by Gasteiger charge is 2.23. The van der Waals surface area contributed by atoms with E-state index in [1.807, 2.05) is 0 Å². The quantitative estimate of drug-likeness (QED) is 0.837. The molecule has 2 rings (SSSR count). The number of hydrogen-bond donors (Lipinski definition) is 1. The molecular formula is C12H9Cl4N3O. The molecule has 0 amide bonds. The molecular weight excluding hydrogens is 344 g/mol. The zero-order valence-electron chi connectivity index (χ0n) is 10.2. The highest BCUT2D eigenvalue weighted by molar-refractivity contribution is 6.66. The summed E-state index contributed by atoms with van der Waals surface area (Å²) in [7, 11) is 1.65. The molecule has 0 radical (unpaired) electrons. The van der Waals surface area contributed by atoms with E-state index in [0.29, 0.717) is 16.9 Å². The third kappa shape index (κ3) is 3.04. The van der Waals surface area contributed by atoms with Gasteiger partial charge in [0.1, 0.15) is 5.02 Å². The van der Waals surface area contributed by atoms with Crippen molar-refractivity contribution in [2.45, 2.75) is 3.79 Å². The molecule has 1 aromatic carbocycles. The fraction of sp³-hybridized carbons (Fsp3) is 0.167. The average Bonchev–Trinajstić information content (AvgIpc) is 2.41. The van der Waals surface area contributed by atoms with Crippen molar-refractivity contribution in [3.8, 4) is 5.69 Å². The van der Waals surface area contributed by atoms with E-state index in [0.717, 1.165) is 4.68 Å². The van der Waals surface area contributed by atoms with Crippen LogP contribution < -0.4 is 10.9 Å². The van der Waals surface area contributed by atoms with Crippen molar-refractivity contribution in [1.82, 2.24) is 9.78 Å². The summed E-state index contributed by atoms with van der Waals surface area (Å²) in [6.07, 6.45) is 1.45. The van der Waals surface area contributed by atoms with Gasteiger partial charge in [-0.05, 0) is 12.1 Å². The van der Waals surface area contributed by atoms with Gasteiger partial charge in [0.15, 0.2) is 0 Å². The minimum Gasteiger partial charge on any atom is -0.385 e. The minimum absolute atomic E-state index is 0.0433.